The minimum Gasteiger partial charge on any atom is -0.481 e. The van der Waals surface area contributed by atoms with E-state index in [1.807, 2.05) is 50.2 Å². The van der Waals surface area contributed by atoms with Crippen molar-refractivity contribution in [1.82, 2.24) is 25.2 Å². The van der Waals surface area contributed by atoms with Crippen LogP contribution in [0, 0.1) is 13.8 Å². The predicted octanol–water partition coefficient (Wildman–Crippen LogP) is 6.75. The van der Waals surface area contributed by atoms with Crippen LogP contribution in [0.15, 0.2) is 60.9 Å². The van der Waals surface area contributed by atoms with Gasteiger partial charge in [-0.05, 0) is 82.5 Å². The molecule has 4 aromatic rings. The molecule has 12 heteroatoms. The van der Waals surface area contributed by atoms with Crippen molar-refractivity contribution in [2.45, 2.75) is 65.6 Å². The van der Waals surface area contributed by atoms with Crippen molar-refractivity contribution in [3.8, 4) is 28.4 Å². The van der Waals surface area contributed by atoms with Gasteiger partial charge in [-0.1, -0.05) is 29.8 Å². The van der Waals surface area contributed by atoms with Crippen molar-refractivity contribution in [3.63, 3.8) is 0 Å². The largest absolute Gasteiger partial charge is 0.481 e. The number of hydrogen-bond acceptors (Lipinski definition) is 8. The number of amides is 3. The summed E-state index contributed by atoms with van der Waals surface area (Å²) in [7, 11) is 1.51. The molecule has 2 N–H and O–H groups in total. The lowest BCUT2D eigenvalue weighted by Crippen LogP contribution is -2.43. The minimum absolute atomic E-state index is 0.0347. The monoisotopic (exact) mass is 670 g/mol. The van der Waals surface area contributed by atoms with Crippen molar-refractivity contribution < 1.29 is 23.9 Å². The summed E-state index contributed by atoms with van der Waals surface area (Å²) in [5.41, 5.74) is 5.07. The average molecular weight is 671 g/mol. The Hall–Kier alpha value is -5.03. The summed E-state index contributed by atoms with van der Waals surface area (Å²) in [6.45, 7) is 9.66. The molecule has 0 bridgehead atoms. The number of aromatic nitrogens is 3. The van der Waals surface area contributed by atoms with Crippen LogP contribution in [0.5, 0.6) is 5.88 Å². The van der Waals surface area contributed by atoms with Crippen LogP contribution in [0.25, 0.3) is 22.5 Å². The lowest BCUT2D eigenvalue weighted by atomic mass is 10.0. The second-order valence-corrected chi connectivity index (χ2v) is 13.1. The van der Waals surface area contributed by atoms with E-state index in [9.17, 15) is 14.4 Å². The molecule has 11 nitrogen and oxygen atoms in total. The predicted molar refractivity (Wildman–Crippen MR) is 184 cm³/mol. The molecular formula is C36H39ClN6O5. The highest BCUT2D eigenvalue weighted by atomic mass is 35.5. The molecule has 1 aromatic carbocycles. The van der Waals surface area contributed by atoms with E-state index in [1.54, 1.807) is 50.2 Å². The van der Waals surface area contributed by atoms with Crippen molar-refractivity contribution >= 4 is 35.2 Å². The van der Waals surface area contributed by atoms with Crippen molar-refractivity contribution in [1.29, 1.82) is 0 Å². The number of benzene rings is 1. The van der Waals surface area contributed by atoms with Crippen LogP contribution in [0.4, 0.5) is 10.5 Å². The van der Waals surface area contributed by atoms with Gasteiger partial charge in [0, 0.05) is 53.8 Å². The lowest BCUT2D eigenvalue weighted by Gasteiger charge is -2.29. The summed E-state index contributed by atoms with van der Waals surface area (Å²) in [4.78, 5) is 53.1. The zero-order valence-corrected chi connectivity index (χ0v) is 28.6. The van der Waals surface area contributed by atoms with E-state index < -0.39 is 11.7 Å². The van der Waals surface area contributed by atoms with Crippen LogP contribution in [-0.4, -0.2) is 63.1 Å². The summed E-state index contributed by atoms with van der Waals surface area (Å²) in [6, 6.07) is 14.3. The Morgan fingerprint density at radius 3 is 2.52 bits per heavy atom. The van der Waals surface area contributed by atoms with Gasteiger partial charge in [0.15, 0.2) is 0 Å². The highest BCUT2D eigenvalue weighted by Crippen LogP contribution is 2.38. The van der Waals surface area contributed by atoms with E-state index in [-0.39, 0.29) is 30.9 Å². The Morgan fingerprint density at radius 2 is 1.85 bits per heavy atom. The molecule has 3 amide bonds. The fourth-order valence-electron chi connectivity index (χ4n) is 5.38. The summed E-state index contributed by atoms with van der Waals surface area (Å²) < 4.78 is 11.4. The topological polar surface area (TPSA) is 136 Å². The maximum Gasteiger partial charge on any atom is 0.410 e. The smallest absolute Gasteiger partial charge is 0.410 e. The lowest BCUT2D eigenvalue weighted by molar-refractivity contribution is -0.119. The Balaban J connectivity index is 1.42. The summed E-state index contributed by atoms with van der Waals surface area (Å²) in [5.74, 6) is -0.0400. The molecule has 0 spiro atoms. The van der Waals surface area contributed by atoms with Crippen LogP contribution in [0.1, 0.15) is 60.8 Å². The number of rotatable bonds is 9. The van der Waals surface area contributed by atoms with Crippen LogP contribution in [0.2, 0.25) is 5.02 Å². The van der Waals surface area contributed by atoms with Gasteiger partial charge < -0.3 is 25.0 Å². The van der Waals surface area contributed by atoms with Crippen molar-refractivity contribution in [2.24, 2.45) is 0 Å². The van der Waals surface area contributed by atoms with E-state index >= 15 is 0 Å². The number of carbonyl (C=O) groups excluding carboxylic acids is 3. The number of hydrogen-bond donors (Lipinski definition) is 2. The normalized spacial score (nSPS) is 14.3. The molecule has 1 atom stereocenters. The number of methoxy groups -OCH3 is 1. The molecular weight excluding hydrogens is 632 g/mol. The molecule has 0 unspecified atom stereocenters. The first-order valence-corrected chi connectivity index (χ1v) is 16.0. The third kappa shape index (κ3) is 8.09. The molecule has 0 aliphatic carbocycles. The average Bonchev–Trinajstić information content (AvgIpc) is 3.46. The molecule has 1 aliphatic rings. The Morgan fingerprint density at radius 1 is 1.06 bits per heavy atom. The molecule has 4 heterocycles. The number of ether oxygens (including phenoxy) is 2. The molecule has 0 radical (unpaired) electrons. The van der Waals surface area contributed by atoms with Gasteiger partial charge in [-0.3, -0.25) is 19.6 Å². The fourth-order valence-corrected chi connectivity index (χ4v) is 5.69. The van der Waals surface area contributed by atoms with Gasteiger partial charge in [0.1, 0.15) is 11.3 Å². The van der Waals surface area contributed by atoms with E-state index in [4.69, 9.17) is 26.1 Å². The number of carbonyl (C=O) groups is 3. The number of nitrogens with zero attached hydrogens (tertiary/aromatic N) is 4. The first-order valence-electron chi connectivity index (χ1n) is 15.6. The summed E-state index contributed by atoms with van der Waals surface area (Å²) in [6.07, 6.45) is 3.86. The number of anilines is 1. The van der Waals surface area contributed by atoms with Gasteiger partial charge in [-0.15, -0.1) is 0 Å². The molecule has 3 aromatic heterocycles. The maximum absolute atomic E-state index is 13.2. The first-order chi connectivity index (χ1) is 22.8. The maximum atomic E-state index is 13.2. The van der Waals surface area contributed by atoms with Gasteiger partial charge in [0.2, 0.25) is 11.8 Å². The zero-order valence-electron chi connectivity index (χ0n) is 27.9. The SMILES string of the molecule is COc1nc(-c2ccnc(-c3cccc(NC(=O)c4ccc(C)cn4)c3C)c2Cl)ccc1CN(C[C@@H]1CCC(=O)N1)C(=O)OC(C)(C)C. The molecule has 5 rings (SSSR count). The van der Waals surface area contributed by atoms with E-state index in [2.05, 4.69) is 20.6 Å². The quantitative estimate of drug-likeness (QED) is 0.200. The minimum atomic E-state index is -0.696. The van der Waals surface area contributed by atoms with Gasteiger partial charge in [0.25, 0.3) is 5.91 Å². The zero-order chi connectivity index (χ0) is 34.6. The Bertz CT molecular complexity index is 1840. The van der Waals surface area contributed by atoms with Crippen LogP contribution in [-0.2, 0) is 16.1 Å². The third-order valence-corrected chi connectivity index (χ3v) is 8.20. The standard InChI is InChI=1S/C36H39ClN6O5/c1-21-10-13-29(39-18-21)33(45)41-27-9-7-8-25(22(27)2)32-31(37)26(16-17-38-32)28-14-11-23(34(42-28)47-6)19-43(35(46)48-36(3,4)5)20-24-12-15-30(44)40-24/h7-11,13-14,16-18,24H,12,15,19-20H2,1-6H3,(H,40,44)(H,41,45)/t24-/m0/s1. The fraction of sp³-hybridized carbons (Fsp3) is 0.333. The highest BCUT2D eigenvalue weighted by Gasteiger charge is 2.29. The first kappa shape index (κ1) is 34.3. The Labute approximate surface area is 285 Å². The highest BCUT2D eigenvalue weighted by molar-refractivity contribution is 6.35. The second kappa shape index (κ2) is 14.4. The number of nitrogens with one attached hydrogen (secondary N) is 2. The molecule has 1 fully saturated rings. The molecule has 1 saturated heterocycles. The second-order valence-electron chi connectivity index (χ2n) is 12.7. The van der Waals surface area contributed by atoms with E-state index in [0.29, 0.717) is 57.6 Å². The van der Waals surface area contributed by atoms with Gasteiger partial charge >= 0.3 is 6.09 Å². The molecule has 0 saturated carbocycles. The number of pyridine rings is 3. The van der Waals surface area contributed by atoms with Gasteiger partial charge in [0.05, 0.1) is 30.1 Å². The molecule has 1 aliphatic heterocycles. The van der Waals surface area contributed by atoms with Gasteiger partial charge in [-0.2, -0.15) is 0 Å². The third-order valence-electron chi connectivity index (χ3n) is 7.82. The summed E-state index contributed by atoms with van der Waals surface area (Å²) >= 11 is 7.00. The van der Waals surface area contributed by atoms with Crippen LogP contribution < -0.4 is 15.4 Å². The Kier molecular flexibility index (Phi) is 10.3. The van der Waals surface area contributed by atoms with Gasteiger partial charge in [-0.25, -0.2) is 9.78 Å². The van der Waals surface area contributed by atoms with Crippen molar-refractivity contribution in [3.05, 3.63) is 88.3 Å². The van der Waals surface area contributed by atoms with Crippen LogP contribution >= 0.6 is 11.6 Å². The summed E-state index contributed by atoms with van der Waals surface area (Å²) in [5, 5.41) is 6.24. The van der Waals surface area contributed by atoms with Crippen LogP contribution in [0.3, 0.4) is 0 Å². The number of aryl methyl sites for hydroxylation is 1. The molecule has 250 valence electrons. The van der Waals surface area contributed by atoms with Crippen molar-refractivity contribution in [2.75, 3.05) is 19.0 Å². The molecule has 48 heavy (non-hydrogen) atoms. The number of halogens is 1. The van der Waals surface area contributed by atoms with E-state index in [0.717, 1.165) is 16.7 Å². The van der Waals surface area contributed by atoms with E-state index in [1.165, 1.54) is 7.11 Å².